The largest absolute Gasteiger partial charge is 0.488 e. The van der Waals surface area contributed by atoms with Crippen molar-refractivity contribution in [1.82, 2.24) is 25.2 Å². The summed E-state index contributed by atoms with van der Waals surface area (Å²) in [7, 11) is 0. The Kier molecular flexibility index (Phi) is 10.8. The highest BCUT2D eigenvalue weighted by Crippen LogP contribution is 2.39. The SMILES string of the molecule is CCNC(=O)c1nnn(-c2cc(C(C)C)c(OCc3ccccc3)cc2OCc2ccccc2)c1-c1ccc(CN2CCOCC2)cc1. The first-order chi connectivity index (χ1) is 23.5. The van der Waals surface area contributed by atoms with E-state index in [1.165, 1.54) is 5.56 Å². The van der Waals surface area contributed by atoms with Crippen molar-refractivity contribution in [2.75, 3.05) is 32.8 Å². The number of nitrogens with one attached hydrogen (secondary N) is 1. The quantitative estimate of drug-likeness (QED) is 0.151. The van der Waals surface area contributed by atoms with Gasteiger partial charge in [-0.1, -0.05) is 104 Å². The van der Waals surface area contributed by atoms with Crippen molar-refractivity contribution in [2.24, 2.45) is 0 Å². The highest BCUT2D eigenvalue weighted by Gasteiger charge is 2.26. The van der Waals surface area contributed by atoms with Crippen molar-refractivity contribution in [3.8, 4) is 28.4 Å². The number of hydrogen-bond donors (Lipinski definition) is 1. The van der Waals surface area contributed by atoms with Crippen LogP contribution >= 0.6 is 0 Å². The van der Waals surface area contributed by atoms with Crippen LogP contribution in [0.25, 0.3) is 16.9 Å². The molecule has 0 aliphatic carbocycles. The van der Waals surface area contributed by atoms with Gasteiger partial charge in [-0.05, 0) is 41.2 Å². The van der Waals surface area contributed by atoms with E-state index in [1.54, 1.807) is 4.68 Å². The molecule has 0 radical (unpaired) electrons. The maximum absolute atomic E-state index is 13.4. The normalized spacial score (nSPS) is 13.4. The number of amides is 1. The zero-order chi connectivity index (χ0) is 33.3. The molecule has 9 heteroatoms. The van der Waals surface area contributed by atoms with Crippen LogP contribution in [0.2, 0.25) is 0 Å². The van der Waals surface area contributed by atoms with Gasteiger partial charge in [0, 0.05) is 37.8 Å². The zero-order valence-electron chi connectivity index (χ0n) is 27.9. The van der Waals surface area contributed by atoms with E-state index in [0.29, 0.717) is 36.9 Å². The molecule has 0 saturated carbocycles. The molecule has 4 aromatic carbocycles. The topological polar surface area (TPSA) is 90.7 Å². The number of rotatable bonds is 13. The summed E-state index contributed by atoms with van der Waals surface area (Å²) < 4.78 is 20.2. The molecule has 1 saturated heterocycles. The summed E-state index contributed by atoms with van der Waals surface area (Å²) in [5, 5.41) is 11.9. The summed E-state index contributed by atoms with van der Waals surface area (Å²) in [6.45, 7) is 11.6. The van der Waals surface area contributed by atoms with E-state index in [9.17, 15) is 4.79 Å². The van der Waals surface area contributed by atoms with Gasteiger partial charge in [-0.3, -0.25) is 9.69 Å². The van der Waals surface area contributed by atoms with Crippen LogP contribution in [0.5, 0.6) is 11.5 Å². The van der Waals surface area contributed by atoms with E-state index in [4.69, 9.17) is 14.2 Å². The first kappa shape index (κ1) is 32.9. The van der Waals surface area contributed by atoms with Gasteiger partial charge >= 0.3 is 0 Å². The maximum Gasteiger partial charge on any atom is 0.274 e. The molecule has 1 aliphatic rings. The van der Waals surface area contributed by atoms with Crippen LogP contribution in [-0.2, 0) is 24.5 Å². The summed E-state index contributed by atoms with van der Waals surface area (Å²) in [4.78, 5) is 15.7. The Morgan fingerprint density at radius 1 is 0.833 bits per heavy atom. The van der Waals surface area contributed by atoms with Gasteiger partial charge in [0.25, 0.3) is 5.91 Å². The van der Waals surface area contributed by atoms with E-state index >= 15 is 0 Å². The standard InChI is InChI=1S/C39H43N5O4/c1-4-40-39(45)37-38(32-17-15-29(16-18-32)25-43-19-21-46-22-20-43)44(42-41-37)34-23-33(28(2)3)35(47-26-30-11-7-5-8-12-30)24-36(34)48-27-31-13-9-6-10-14-31/h5-18,23-24,28H,4,19-22,25-27H2,1-3H3,(H,40,45). The summed E-state index contributed by atoms with van der Waals surface area (Å²) in [5.41, 5.74) is 6.64. The average molecular weight is 646 g/mol. The molecule has 0 unspecified atom stereocenters. The highest BCUT2D eigenvalue weighted by molar-refractivity contribution is 5.98. The lowest BCUT2D eigenvalue weighted by molar-refractivity contribution is 0.0342. The number of carbonyl (C=O) groups is 1. The average Bonchev–Trinajstić information content (AvgIpc) is 3.56. The van der Waals surface area contributed by atoms with Gasteiger partial charge in [0.2, 0.25) is 0 Å². The van der Waals surface area contributed by atoms with Crippen LogP contribution in [0.4, 0.5) is 0 Å². The molecule has 0 spiro atoms. The molecule has 248 valence electrons. The Bertz CT molecular complexity index is 1780. The first-order valence-electron chi connectivity index (χ1n) is 16.6. The number of ether oxygens (including phenoxy) is 3. The zero-order valence-corrected chi connectivity index (χ0v) is 27.9. The predicted octanol–water partition coefficient (Wildman–Crippen LogP) is 6.80. The lowest BCUT2D eigenvalue weighted by Gasteiger charge is -2.26. The second kappa shape index (κ2) is 15.7. The fraction of sp³-hybridized carbons (Fsp3) is 0.308. The van der Waals surface area contributed by atoms with Crippen molar-refractivity contribution >= 4 is 5.91 Å². The molecule has 1 aromatic heterocycles. The van der Waals surface area contributed by atoms with Crippen molar-refractivity contribution in [3.05, 3.63) is 125 Å². The summed E-state index contributed by atoms with van der Waals surface area (Å²) in [5.74, 6) is 1.16. The second-order valence-electron chi connectivity index (χ2n) is 12.2. The van der Waals surface area contributed by atoms with E-state index in [1.807, 2.05) is 85.8 Å². The minimum atomic E-state index is -0.283. The molecule has 48 heavy (non-hydrogen) atoms. The number of hydrogen-bond acceptors (Lipinski definition) is 7. The Morgan fingerprint density at radius 3 is 2.06 bits per heavy atom. The van der Waals surface area contributed by atoms with Crippen LogP contribution in [0.3, 0.4) is 0 Å². The lowest BCUT2D eigenvalue weighted by atomic mass is 10.00. The third kappa shape index (κ3) is 7.93. The van der Waals surface area contributed by atoms with Gasteiger partial charge in [-0.15, -0.1) is 5.10 Å². The third-order valence-corrected chi connectivity index (χ3v) is 8.38. The predicted molar refractivity (Wildman–Crippen MR) is 187 cm³/mol. The van der Waals surface area contributed by atoms with Crippen molar-refractivity contribution in [1.29, 1.82) is 0 Å². The molecular formula is C39H43N5O4. The molecule has 5 aromatic rings. The van der Waals surface area contributed by atoms with Crippen LogP contribution in [0, 0.1) is 0 Å². The van der Waals surface area contributed by atoms with Gasteiger partial charge in [0.15, 0.2) is 5.69 Å². The first-order valence-corrected chi connectivity index (χ1v) is 16.6. The minimum Gasteiger partial charge on any atom is -0.488 e. The number of aromatic nitrogens is 3. The smallest absolute Gasteiger partial charge is 0.274 e. The number of nitrogens with zero attached hydrogens (tertiary/aromatic N) is 4. The van der Waals surface area contributed by atoms with Gasteiger partial charge in [-0.2, -0.15) is 0 Å². The minimum absolute atomic E-state index is 0.131. The third-order valence-electron chi connectivity index (χ3n) is 8.38. The molecule has 6 rings (SSSR count). The lowest BCUT2D eigenvalue weighted by Crippen LogP contribution is -2.35. The molecular weight excluding hydrogens is 602 g/mol. The number of morpholine rings is 1. The van der Waals surface area contributed by atoms with Crippen molar-refractivity contribution < 1.29 is 19.0 Å². The number of carbonyl (C=O) groups excluding carboxylic acids is 1. The van der Waals surface area contributed by atoms with E-state index in [0.717, 1.165) is 60.9 Å². The van der Waals surface area contributed by atoms with Crippen LogP contribution in [0.1, 0.15) is 59.4 Å². The van der Waals surface area contributed by atoms with Gasteiger partial charge in [0.1, 0.15) is 36.1 Å². The molecule has 0 atom stereocenters. The highest BCUT2D eigenvalue weighted by atomic mass is 16.5. The fourth-order valence-corrected chi connectivity index (χ4v) is 5.79. The van der Waals surface area contributed by atoms with Gasteiger partial charge in [-0.25, -0.2) is 4.68 Å². The van der Waals surface area contributed by atoms with E-state index < -0.39 is 0 Å². The Morgan fingerprint density at radius 2 is 1.46 bits per heavy atom. The van der Waals surface area contributed by atoms with Crippen LogP contribution < -0.4 is 14.8 Å². The Balaban J connectivity index is 1.43. The monoisotopic (exact) mass is 645 g/mol. The number of benzene rings is 4. The Hall–Kier alpha value is -4.99. The summed E-state index contributed by atoms with van der Waals surface area (Å²) in [6, 6.07) is 32.4. The maximum atomic E-state index is 13.4. The van der Waals surface area contributed by atoms with Gasteiger partial charge in [0.05, 0.1) is 13.2 Å². The fourth-order valence-electron chi connectivity index (χ4n) is 5.79. The molecule has 1 aliphatic heterocycles. The molecule has 1 amide bonds. The summed E-state index contributed by atoms with van der Waals surface area (Å²) in [6.07, 6.45) is 0. The Labute approximate surface area is 282 Å². The molecule has 1 fully saturated rings. The molecule has 1 N–H and O–H groups in total. The van der Waals surface area contributed by atoms with Crippen molar-refractivity contribution in [2.45, 2.75) is 46.4 Å². The van der Waals surface area contributed by atoms with E-state index in [-0.39, 0.29) is 17.5 Å². The van der Waals surface area contributed by atoms with Crippen molar-refractivity contribution in [3.63, 3.8) is 0 Å². The van der Waals surface area contributed by atoms with Gasteiger partial charge < -0.3 is 19.5 Å². The molecule has 0 bridgehead atoms. The summed E-state index contributed by atoms with van der Waals surface area (Å²) >= 11 is 0. The molecule has 2 heterocycles. The van der Waals surface area contributed by atoms with E-state index in [2.05, 4.69) is 52.6 Å². The van der Waals surface area contributed by atoms with Crippen LogP contribution in [-0.4, -0.2) is 58.6 Å². The molecule has 9 nitrogen and oxygen atoms in total. The van der Waals surface area contributed by atoms with Crippen LogP contribution in [0.15, 0.2) is 97.1 Å². The second-order valence-corrected chi connectivity index (χ2v) is 12.2.